The normalized spacial score (nSPS) is 11.3. The Morgan fingerprint density at radius 3 is 2.59 bits per heavy atom. The molecule has 124 valence electrons. The summed E-state index contributed by atoms with van der Waals surface area (Å²) >= 11 is 5.98. The Kier molecular flexibility index (Phi) is 7.65. The van der Waals surface area contributed by atoms with Crippen molar-refractivity contribution in [3.05, 3.63) is 28.8 Å². The minimum atomic E-state index is -0.398. The number of carbonyl (C=O) groups is 1. The Labute approximate surface area is 137 Å². The molecular formula is C16H25ClN2O3. The van der Waals surface area contributed by atoms with Gasteiger partial charge in [0, 0.05) is 24.2 Å². The van der Waals surface area contributed by atoms with E-state index < -0.39 is 5.54 Å². The highest BCUT2D eigenvalue weighted by molar-refractivity contribution is 6.31. The summed E-state index contributed by atoms with van der Waals surface area (Å²) in [4.78, 5) is 12.4. The molecule has 0 aromatic heterocycles. The summed E-state index contributed by atoms with van der Waals surface area (Å²) in [6.07, 6.45) is 1.58. The van der Waals surface area contributed by atoms with Crippen molar-refractivity contribution in [2.24, 2.45) is 5.73 Å². The lowest BCUT2D eigenvalue weighted by molar-refractivity contribution is 0.0934. The third kappa shape index (κ3) is 5.48. The molecular weight excluding hydrogens is 304 g/mol. The van der Waals surface area contributed by atoms with Crippen LogP contribution in [-0.2, 0) is 4.74 Å². The van der Waals surface area contributed by atoms with Gasteiger partial charge in [-0.3, -0.25) is 4.79 Å². The predicted molar refractivity (Wildman–Crippen MR) is 88.7 cm³/mol. The Morgan fingerprint density at radius 2 is 2.00 bits per heavy atom. The first-order valence-corrected chi connectivity index (χ1v) is 7.82. The number of hydrogen-bond acceptors (Lipinski definition) is 4. The number of hydrogen-bond donors (Lipinski definition) is 2. The lowest BCUT2D eigenvalue weighted by Gasteiger charge is -2.27. The Morgan fingerprint density at radius 1 is 1.32 bits per heavy atom. The van der Waals surface area contributed by atoms with Crippen LogP contribution in [0.2, 0.25) is 5.02 Å². The van der Waals surface area contributed by atoms with E-state index in [0.29, 0.717) is 36.1 Å². The van der Waals surface area contributed by atoms with Crippen LogP contribution in [0.4, 0.5) is 0 Å². The van der Waals surface area contributed by atoms with Gasteiger partial charge in [-0.2, -0.15) is 0 Å². The number of rotatable bonds is 9. The zero-order valence-corrected chi connectivity index (χ0v) is 14.2. The van der Waals surface area contributed by atoms with Crippen LogP contribution in [0.25, 0.3) is 0 Å². The van der Waals surface area contributed by atoms with Crippen LogP contribution >= 0.6 is 11.6 Å². The van der Waals surface area contributed by atoms with Crippen molar-refractivity contribution in [3.8, 4) is 5.75 Å². The van der Waals surface area contributed by atoms with Gasteiger partial charge in [0.05, 0.1) is 12.2 Å². The van der Waals surface area contributed by atoms with Gasteiger partial charge in [0.15, 0.2) is 0 Å². The van der Waals surface area contributed by atoms with Crippen LogP contribution < -0.4 is 15.8 Å². The Balaban J connectivity index is 2.80. The summed E-state index contributed by atoms with van der Waals surface area (Å²) < 4.78 is 10.5. The van der Waals surface area contributed by atoms with Crippen molar-refractivity contribution >= 4 is 17.5 Å². The second-order valence-electron chi connectivity index (χ2n) is 5.23. The number of carbonyl (C=O) groups excluding carboxylic acids is 1. The third-order valence-corrected chi connectivity index (χ3v) is 3.98. The number of ether oxygens (including phenoxy) is 2. The molecule has 0 aliphatic heterocycles. The van der Waals surface area contributed by atoms with Crippen molar-refractivity contribution in [2.75, 3.05) is 26.9 Å². The average Bonchev–Trinajstić information content (AvgIpc) is 2.53. The molecule has 0 atom stereocenters. The average molecular weight is 329 g/mol. The first-order valence-electron chi connectivity index (χ1n) is 7.44. The van der Waals surface area contributed by atoms with Crippen LogP contribution in [0.1, 0.15) is 37.0 Å². The molecule has 0 aliphatic rings. The van der Waals surface area contributed by atoms with E-state index in [0.717, 1.165) is 12.8 Å². The summed E-state index contributed by atoms with van der Waals surface area (Å²) in [6.45, 7) is 5.23. The molecule has 0 radical (unpaired) electrons. The van der Waals surface area contributed by atoms with Crippen molar-refractivity contribution in [3.63, 3.8) is 0 Å². The van der Waals surface area contributed by atoms with E-state index in [4.69, 9.17) is 26.8 Å². The number of methoxy groups -OCH3 is 1. The Bertz CT molecular complexity index is 490. The highest BCUT2D eigenvalue weighted by atomic mass is 35.5. The van der Waals surface area contributed by atoms with Crippen molar-refractivity contribution in [1.29, 1.82) is 0 Å². The molecule has 22 heavy (non-hydrogen) atoms. The monoisotopic (exact) mass is 328 g/mol. The quantitative estimate of drug-likeness (QED) is 0.683. The molecule has 1 rings (SSSR count). The van der Waals surface area contributed by atoms with Crippen molar-refractivity contribution in [2.45, 2.75) is 32.2 Å². The number of benzene rings is 1. The lowest BCUT2D eigenvalue weighted by Crippen LogP contribution is -2.49. The first-order chi connectivity index (χ1) is 10.5. The molecule has 0 bridgehead atoms. The standard InChI is InChI=1S/C16H25ClN2O3/c1-4-16(18,5-2)11-19-15(20)13-10-12(17)6-7-14(13)22-9-8-21-3/h6-7,10H,4-5,8-9,11,18H2,1-3H3,(H,19,20). The summed E-state index contributed by atoms with van der Waals surface area (Å²) in [6, 6.07) is 4.96. The van der Waals surface area contributed by atoms with Gasteiger partial charge in [0.25, 0.3) is 5.91 Å². The number of amides is 1. The van der Waals surface area contributed by atoms with Crippen molar-refractivity contribution in [1.82, 2.24) is 5.32 Å². The maximum Gasteiger partial charge on any atom is 0.255 e. The van der Waals surface area contributed by atoms with E-state index in [-0.39, 0.29) is 5.91 Å². The van der Waals surface area contributed by atoms with E-state index >= 15 is 0 Å². The molecule has 0 saturated heterocycles. The smallest absolute Gasteiger partial charge is 0.255 e. The van der Waals surface area contributed by atoms with Crippen LogP contribution in [0.5, 0.6) is 5.75 Å². The minimum absolute atomic E-state index is 0.244. The van der Waals surface area contributed by atoms with Gasteiger partial charge >= 0.3 is 0 Å². The fourth-order valence-corrected chi connectivity index (χ4v) is 2.06. The predicted octanol–water partition coefficient (Wildman–Crippen LogP) is 2.61. The molecule has 0 unspecified atom stereocenters. The zero-order chi connectivity index (χ0) is 16.6. The lowest BCUT2D eigenvalue weighted by atomic mass is 9.94. The fraction of sp³-hybridized carbons (Fsp3) is 0.562. The van der Waals surface area contributed by atoms with Crippen molar-refractivity contribution < 1.29 is 14.3 Å². The second-order valence-corrected chi connectivity index (χ2v) is 5.67. The summed E-state index contributed by atoms with van der Waals surface area (Å²) in [5, 5.41) is 3.35. The number of nitrogens with two attached hydrogens (primary N) is 1. The minimum Gasteiger partial charge on any atom is -0.490 e. The highest BCUT2D eigenvalue weighted by Gasteiger charge is 2.22. The largest absolute Gasteiger partial charge is 0.490 e. The molecule has 1 amide bonds. The maximum absolute atomic E-state index is 12.4. The van der Waals surface area contributed by atoms with E-state index in [2.05, 4.69) is 5.32 Å². The highest BCUT2D eigenvalue weighted by Crippen LogP contribution is 2.23. The second kappa shape index (κ2) is 8.98. The maximum atomic E-state index is 12.4. The zero-order valence-electron chi connectivity index (χ0n) is 13.4. The molecule has 0 aliphatic carbocycles. The van der Waals surface area contributed by atoms with Gasteiger partial charge < -0.3 is 20.5 Å². The number of halogens is 1. The molecule has 1 aromatic carbocycles. The molecule has 6 heteroatoms. The molecule has 3 N–H and O–H groups in total. The Hall–Kier alpha value is -1.30. The fourth-order valence-electron chi connectivity index (χ4n) is 1.89. The SMILES string of the molecule is CCC(N)(CC)CNC(=O)c1cc(Cl)ccc1OCCOC. The topological polar surface area (TPSA) is 73.6 Å². The molecule has 5 nitrogen and oxygen atoms in total. The molecule has 1 aromatic rings. The van der Waals surface area contributed by atoms with Crippen LogP contribution in [-0.4, -0.2) is 38.3 Å². The van der Waals surface area contributed by atoms with Gasteiger partial charge in [-0.25, -0.2) is 0 Å². The molecule has 0 heterocycles. The van der Waals surface area contributed by atoms with Crippen LogP contribution in [0.3, 0.4) is 0 Å². The van der Waals surface area contributed by atoms with E-state index in [1.54, 1.807) is 25.3 Å². The van der Waals surface area contributed by atoms with E-state index in [1.807, 2.05) is 13.8 Å². The molecule has 0 fully saturated rings. The van der Waals surface area contributed by atoms with Gasteiger partial charge in [0.2, 0.25) is 0 Å². The number of nitrogens with one attached hydrogen (secondary N) is 1. The van der Waals surface area contributed by atoms with Gasteiger partial charge in [-0.15, -0.1) is 0 Å². The van der Waals surface area contributed by atoms with E-state index in [1.165, 1.54) is 0 Å². The summed E-state index contributed by atoms with van der Waals surface area (Å²) in [5.41, 5.74) is 6.20. The van der Waals surface area contributed by atoms with Gasteiger partial charge in [-0.1, -0.05) is 25.4 Å². The summed E-state index contributed by atoms with van der Waals surface area (Å²) in [7, 11) is 1.59. The first kappa shape index (κ1) is 18.7. The van der Waals surface area contributed by atoms with Crippen LogP contribution in [0, 0.1) is 0 Å². The summed E-state index contributed by atoms with van der Waals surface area (Å²) in [5.74, 6) is 0.237. The molecule has 0 spiro atoms. The van der Waals surface area contributed by atoms with Gasteiger partial charge in [0.1, 0.15) is 12.4 Å². The third-order valence-electron chi connectivity index (χ3n) is 3.74. The molecule has 0 saturated carbocycles. The van der Waals surface area contributed by atoms with Crippen LogP contribution in [0.15, 0.2) is 18.2 Å². The van der Waals surface area contributed by atoms with Gasteiger partial charge in [-0.05, 0) is 31.0 Å². The van der Waals surface area contributed by atoms with E-state index in [9.17, 15) is 4.79 Å².